The molecule has 234 valence electrons. The Balaban J connectivity index is 6.78. The zero-order valence-corrected chi connectivity index (χ0v) is 29.4. The molecule has 0 aromatic heterocycles. The Labute approximate surface area is 239 Å². The normalized spacial score (nSPS) is 15.8. The van der Waals surface area contributed by atoms with E-state index in [0.29, 0.717) is 0 Å². The Hall–Kier alpha value is 0.619. The maximum atomic E-state index is 14.3. The Kier molecular flexibility index (Phi) is 12.9. The number of alkyl halides is 8. The summed E-state index contributed by atoms with van der Waals surface area (Å²) in [5.41, 5.74) is -7.40. The summed E-state index contributed by atoms with van der Waals surface area (Å²) in [6.45, 7) is 17.2. The molecule has 0 aliphatic rings. The topological polar surface area (TPSA) is 52.6 Å². The van der Waals surface area contributed by atoms with E-state index in [1.807, 2.05) is 0 Å². The Morgan fingerprint density at radius 1 is 0.487 bits per heavy atom. The van der Waals surface area contributed by atoms with Gasteiger partial charge >= 0.3 is 240 Å². The minimum absolute atomic E-state index is 1.24. The van der Waals surface area contributed by atoms with Crippen LogP contribution in [0.15, 0.2) is 0 Å². The quantitative estimate of drug-likeness (QED) is 0.114. The van der Waals surface area contributed by atoms with Crippen LogP contribution in [0.1, 0.15) is 83.1 Å². The molecule has 2 radical (unpaired) electrons. The molecule has 0 unspecified atom stereocenters. The molecule has 0 aliphatic carbocycles. The first-order valence-corrected chi connectivity index (χ1v) is 18.4. The number of halogens is 8. The average Bonchev–Trinajstić information content (AvgIpc) is 2.67. The zero-order chi connectivity index (χ0) is 31.8. The van der Waals surface area contributed by atoms with Gasteiger partial charge in [-0.2, -0.15) is 0 Å². The first-order valence-electron chi connectivity index (χ1n) is 12.3. The van der Waals surface area contributed by atoms with Gasteiger partial charge in [0.05, 0.1) is 0 Å². The van der Waals surface area contributed by atoms with E-state index in [1.54, 1.807) is 0 Å². The number of hydrogen-bond acceptors (Lipinski definition) is 4. The van der Waals surface area contributed by atoms with Crippen molar-refractivity contribution in [1.29, 1.82) is 0 Å². The second-order valence-corrected chi connectivity index (χ2v) is 24.5. The van der Waals surface area contributed by atoms with Crippen LogP contribution >= 0.6 is 14.3 Å². The fraction of sp³-hybridized carbons (Fsp3) is 1.00. The molecule has 15 heteroatoms. The first-order chi connectivity index (χ1) is 16.9. The average molecular weight is 729 g/mol. The van der Waals surface area contributed by atoms with Crippen LogP contribution in [0.4, 0.5) is 35.1 Å². The number of hydrogen-bond donors (Lipinski definition) is 0. The van der Waals surface area contributed by atoms with Gasteiger partial charge in [0, 0.05) is 0 Å². The van der Waals surface area contributed by atoms with E-state index in [4.69, 9.17) is 6.15 Å². The van der Waals surface area contributed by atoms with Crippen molar-refractivity contribution in [3.8, 4) is 0 Å². The summed E-state index contributed by atoms with van der Waals surface area (Å²) in [4.78, 5) is 0. The summed E-state index contributed by atoms with van der Waals surface area (Å²) in [5.74, 6) is 0. The van der Waals surface area contributed by atoms with Gasteiger partial charge in [0.25, 0.3) is 0 Å². The molecule has 39 heavy (non-hydrogen) atoms. The molecule has 4 nitrogen and oxygen atoms in total. The Bertz CT molecular complexity index is 780. The van der Waals surface area contributed by atoms with Crippen molar-refractivity contribution in [3.05, 3.63) is 0 Å². The van der Waals surface area contributed by atoms with E-state index < -0.39 is 106 Å². The fourth-order valence-electron chi connectivity index (χ4n) is 4.54. The van der Waals surface area contributed by atoms with Gasteiger partial charge in [0.15, 0.2) is 0 Å². The van der Waals surface area contributed by atoms with Crippen LogP contribution in [-0.2, 0) is 15.3 Å². The summed E-state index contributed by atoms with van der Waals surface area (Å²) in [6.07, 6.45) is -18.4. The van der Waals surface area contributed by atoms with Crippen molar-refractivity contribution in [2.75, 3.05) is 12.3 Å². The van der Waals surface area contributed by atoms with E-state index in [-0.39, 0.29) is 0 Å². The van der Waals surface area contributed by atoms with Gasteiger partial charge in [-0.25, -0.2) is 0 Å². The molecule has 0 heterocycles. The monoisotopic (exact) mass is 730 g/mol. The molecule has 0 fully saturated rings. The standard InChI is InChI=1S/2C12H22F4O2P.Sn/c2*1-10(2,3)19(18,11(4,5)6)7-12(17,8(13)14)9(15)16;/h2*8-9H,7H2,1-6H3;/q2*-1;+2. The Morgan fingerprint density at radius 2 is 0.667 bits per heavy atom. The van der Waals surface area contributed by atoms with Crippen molar-refractivity contribution < 1.29 is 50.4 Å². The van der Waals surface area contributed by atoms with E-state index in [9.17, 15) is 44.3 Å². The van der Waals surface area contributed by atoms with E-state index in [2.05, 4.69) is 0 Å². The second-order valence-electron chi connectivity index (χ2n) is 13.9. The third kappa shape index (κ3) is 7.97. The van der Waals surface area contributed by atoms with Crippen molar-refractivity contribution >= 4 is 36.3 Å². The van der Waals surface area contributed by atoms with E-state index in [0.717, 1.165) is 0 Å². The van der Waals surface area contributed by atoms with Gasteiger partial charge in [-0.15, -0.1) is 0 Å². The van der Waals surface area contributed by atoms with Gasteiger partial charge in [-0.3, -0.25) is 0 Å². The molecule has 0 amide bonds. The molecule has 0 saturated heterocycles. The SMILES string of the molecule is CC(C)(C)P(=O)(CC([O][Sn][O]C(CP(=O)(C(C)(C)C)C(C)(C)C)(C(F)F)C(F)F)(C(F)F)C(F)F)C(C)(C)C. The summed E-state index contributed by atoms with van der Waals surface area (Å²) in [5, 5.41) is -4.96. The maximum absolute atomic E-state index is 14.3. The van der Waals surface area contributed by atoms with Crippen LogP contribution in [0.25, 0.3) is 0 Å². The van der Waals surface area contributed by atoms with Crippen molar-refractivity contribution in [1.82, 2.24) is 0 Å². The van der Waals surface area contributed by atoms with Gasteiger partial charge in [-0.1, -0.05) is 0 Å². The van der Waals surface area contributed by atoms with Gasteiger partial charge in [0.1, 0.15) is 0 Å². The van der Waals surface area contributed by atoms with Crippen LogP contribution in [-0.4, -0.2) is 91.8 Å². The van der Waals surface area contributed by atoms with Gasteiger partial charge < -0.3 is 0 Å². The predicted octanol–water partition coefficient (Wildman–Crippen LogP) is 9.01. The fourth-order valence-corrected chi connectivity index (χ4v) is 15.7. The summed E-state index contributed by atoms with van der Waals surface area (Å²) in [6, 6.07) is 0. The predicted molar refractivity (Wildman–Crippen MR) is 141 cm³/mol. The zero-order valence-electron chi connectivity index (χ0n) is 24.8. The van der Waals surface area contributed by atoms with Crippen LogP contribution in [0.5, 0.6) is 0 Å². The van der Waals surface area contributed by atoms with Crippen molar-refractivity contribution in [3.63, 3.8) is 0 Å². The minimum atomic E-state index is -3.97. The molecule has 0 spiro atoms. The van der Waals surface area contributed by atoms with Crippen molar-refractivity contribution in [2.45, 2.75) is 141 Å². The summed E-state index contributed by atoms with van der Waals surface area (Å²) in [7, 11) is -7.93. The molecule has 0 rings (SSSR count). The molecular formula is C24H44F8O4P2Sn. The van der Waals surface area contributed by atoms with Gasteiger partial charge in [0.2, 0.25) is 0 Å². The van der Waals surface area contributed by atoms with Gasteiger partial charge in [-0.05, 0) is 0 Å². The molecule has 0 aromatic rings. The third-order valence-electron chi connectivity index (χ3n) is 7.21. The number of rotatable bonds is 12. The van der Waals surface area contributed by atoms with Crippen LogP contribution in [0.2, 0.25) is 0 Å². The Morgan fingerprint density at radius 3 is 0.795 bits per heavy atom. The molecule has 0 bridgehead atoms. The molecule has 0 N–H and O–H groups in total. The van der Waals surface area contributed by atoms with E-state index >= 15 is 0 Å². The van der Waals surface area contributed by atoms with Crippen LogP contribution < -0.4 is 0 Å². The van der Waals surface area contributed by atoms with E-state index in [1.165, 1.54) is 83.1 Å². The van der Waals surface area contributed by atoms with Crippen LogP contribution in [0.3, 0.4) is 0 Å². The van der Waals surface area contributed by atoms with Crippen LogP contribution in [0, 0.1) is 0 Å². The molecule has 0 saturated carbocycles. The molecule has 0 aliphatic heterocycles. The molecular weight excluding hydrogens is 685 g/mol. The summed E-state index contributed by atoms with van der Waals surface area (Å²) >= 11 is -3.81. The third-order valence-corrected chi connectivity index (χ3v) is 20.4. The molecule has 0 aromatic carbocycles. The summed E-state index contributed by atoms with van der Waals surface area (Å²) < 4.78 is 153. The first kappa shape index (κ1) is 39.6. The molecule has 0 atom stereocenters. The van der Waals surface area contributed by atoms with Crippen molar-refractivity contribution in [2.24, 2.45) is 0 Å². The second kappa shape index (κ2) is 12.7.